The molecule has 33 heavy (non-hydrogen) atoms. The van der Waals surface area contributed by atoms with Crippen LogP contribution in [0.4, 0.5) is 0 Å². The van der Waals surface area contributed by atoms with E-state index in [1.54, 1.807) is 11.8 Å². The predicted octanol–water partition coefficient (Wildman–Crippen LogP) is 1.83. The second kappa shape index (κ2) is 8.35. The fourth-order valence-electron chi connectivity index (χ4n) is 4.94. The number of nitrogens with zero attached hydrogens (tertiary/aromatic N) is 8. The van der Waals surface area contributed by atoms with Gasteiger partial charge in [0.15, 0.2) is 5.82 Å². The van der Waals surface area contributed by atoms with Crippen LogP contribution < -0.4 is 0 Å². The van der Waals surface area contributed by atoms with Gasteiger partial charge < -0.3 is 9.64 Å². The molecule has 1 spiro atoms. The molecule has 1 saturated heterocycles. The Morgan fingerprint density at radius 2 is 2.03 bits per heavy atom. The van der Waals surface area contributed by atoms with Gasteiger partial charge in [0, 0.05) is 6.54 Å². The molecule has 2 aliphatic heterocycles. The van der Waals surface area contributed by atoms with Crippen molar-refractivity contribution in [2.24, 2.45) is 11.3 Å². The number of rotatable bonds is 3. The van der Waals surface area contributed by atoms with Gasteiger partial charge in [-0.3, -0.25) is 4.79 Å². The average molecular weight is 449 g/mol. The van der Waals surface area contributed by atoms with E-state index in [1.807, 2.05) is 13.0 Å². The van der Waals surface area contributed by atoms with Gasteiger partial charge >= 0.3 is 12.5 Å². The molecule has 0 N–H and O–H groups in total. The van der Waals surface area contributed by atoms with Gasteiger partial charge in [-0.2, -0.15) is 4.68 Å². The number of esters is 1. The predicted molar refractivity (Wildman–Crippen MR) is 115 cm³/mol. The number of aryl methyl sites for hydroxylation is 1. The zero-order valence-corrected chi connectivity index (χ0v) is 18.7. The number of ether oxygens (including phenoxy) is 1. The van der Waals surface area contributed by atoms with Crippen LogP contribution in [-0.2, 0) is 20.9 Å². The van der Waals surface area contributed by atoms with Crippen molar-refractivity contribution in [1.82, 2.24) is 35.3 Å². The van der Waals surface area contributed by atoms with Gasteiger partial charge in [-0.25, -0.2) is 4.79 Å². The lowest BCUT2D eigenvalue weighted by Gasteiger charge is -2.32. The molecule has 4 heterocycles. The van der Waals surface area contributed by atoms with Gasteiger partial charge in [-0.15, -0.1) is 15.3 Å². The molecule has 3 aliphatic rings. The normalized spacial score (nSPS) is 24.9. The van der Waals surface area contributed by atoms with Crippen molar-refractivity contribution < 1.29 is 14.3 Å². The van der Waals surface area contributed by atoms with E-state index in [-0.39, 0.29) is 29.8 Å². The lowest BCUT2D eigenvalue weighted by molar-refractivity contribution is -0.138. The van der Waals surface area contributed by atoms with Gasteiger partial charge in [-0.1, -0.05) is 4.85 Å². The molecule has 0 bridgehead atoms. The molecule has 5 rings (SSSR count). The molecule has 1 saturated carbocycles. The topological polar surface area (TPSA) is 120 Å². The Morgan fingerprint density at radius 1 is 1.21 bits per heavy atom. The van der Waals surface area contributed by atoms with E-state index >= 15 is 0 Å². The molecule has 2 aromatic rings. The summed E-state index contributed by atoms with van der Waals surface area (Å²) in [5.74, 6) is 0.630. The Balaban J connectivity index is 1.18. The van der Waals surface area contributed by atoms with E-state index in [0.29, 0.717) is 24.5 Å². The third-order valence-electron chi connectivity index (χ3n) is 6.95. The van der Waals surface area contributed by atoms with E-state index in [4.69, 9.17) is 4.74 Å². The summed E-state index contributed by atoms with van der Waals surface area (Å²) < 4.78 is 6.57. The van der Waals surface area contributed by atoms with Gasteiger partial charge in [0.1, 0.15) is 18.6 Å². The molecule has 0 radical (unpaired) electrons. The highest BCUT2D eigenvalue weighted by Crippen LogP contribution is 2.47. The monoisotopic (exact) mass is 449 g/mol. The molecule has 2 aromatic heterocycles. The summed E-state index contributed by atoms with van der Waals surface area (Å²) in [6.45, 7) is 4.92. The van der Waals surface area contributed by atoms with Crippen molar-refractivity contribution in [1.29, 1.82) is 0 Å². The van der Waals surface area contributed by atoms with Gasteiger partial charge in [0.05, 0.1) is 22.6 Å². The number of tetrazole rings is 1. The molecule has 1 aliphatic carbocycles. The van der Waals surface area contributed by atoms with E-state index in [2.05, 4.69) is 36.6 Å². The fourth-order valence-corrected chi connectivity index (χ4v) is 4.94. The van der Waals surface area contributed by atoms with E-state index in [0.717, 1.165) is 49.1 Å². The third kappa shape index (κ3) is 3.86. The molecule has 11 heteroatoms. The Morgan fingerprint density at radius 3 is 2.70 bits per heavy atom. The number of hydrogen-bond acceptors (Lipinski definition) is 8. The minimum Gasteiger partial charge on any atom is -0.456 e. The summed E-state index contributed by atoms with van der Waals surface area (Å²) >= 11 is 0. The summed E-state index contributed by atoms with van der Waals surface area (Å²) in [7, 11) is 0. The highest BCUT2D eigenvalue weighted by atomic mass is 16.5. The second-order valence-electron chi connectivity index (χ2n) is 8.95. The molecule has 0 aromatic carbocycles. The largest absolute Gasteiger partial charge is 0.456 e. The Hall–Kier alpha value is -3.68. The molecule has 1 amide bonds. The van der Waals surface area contributed by atoms with Crippen LogP contribution >= 0.6 is 0 Å². The second-order valence-corrected chi connectivity index (χ2v) is 8.95. The molecule has 11 nitrogen and oxygen atoms in total. The van der Waals surface area contributed by atoms with Crippen LogP contribution in [0.15, 0.2) is 23.7 Å². The smallest absolute Gasteiger partial charge is 0.336 e. The van der Waals surface area contributed by atoms with Crippen LogP contribution in [0.1, 0.15) is 50.3 Å². The van der Waals surface area contributed by atoms with E-state index in [9.17, 15) is 9.59 Å². The van der Waals surface area contributed by atoms with Crippen molar-refractivity contribution in [3.63, 3.8) is 0 Å². The summed E-state index contributed by atoms with van der Waals surface area (Å²) in [6.07, 6.45) is 5.68. The quantitative estimate of drug-likeness (QED) is 0.651. The first kappa shape index (κ1) is 21.2. The zero-order valence-electron chi connectivity index (χ0n) is 18.7. The van der Waals surface area contributed by atoms with Crippen LogP contribution in [0.2, 0.25) is 0 Å². The number of aromatic nitrogens is 6. The first-order valence-corrected chi connectivity index (χ1v) is 11.1. The number of carbonyl (C=O) groups is 2. The maximum absolute atomic E-state index is 13.2. The Kier molecular flexibility index (Phi) is 5.36. The number of amides is 1. The molecule has 2 fully saturated rings. The SMILES string of the molecule is CC1=C(N2CCC3(CCC(C#[N+]Cc4cc(C)c(-n5cnnn5)nn4)CC3)C2=O)COC1=O. The molecule has 170 valence electrons. The van der Waals surface area contributed by atoms with Gasteiger partial charge in [0.25, 0.3) is 6.07 Å². The molecule has 0 unspecified atom stereocenters. The summed E-state index contributed by atoms with van der Waals surface area (Å²) in [5, 5.41) is 19.5. The van der Waals surface area contributed by atoms with Crippen LogP contribution in [-0.4, -0.2) is 60.3 Å². The lowest BCUT2D eigenvalue weighted by atomic mass is 9.70. The van der Waals surface area contributed by atoms with Crippen molar-refractivity contribution in [2.45, 2.75) is 52.5 Å². The fraction of sp³-hybridized carbons (Fsp3) is 0.545. The van der Waals surface area contributed by atoms with Crippen LogP contribution in [0.3, 0.4) is 0 Å². The first-order chi connectivity index (χ1) is 16.0. The number of likely N-dealkylation sites (tertiary alicyclic amines) is 1. The minimum atomic E-state index is -0.328. The molecule has 0 atom stereocenters. The lowest BCUT2D eigenvalue weighted by Crippen LogP contribution is -2.37. The van der Waals surface area contributed by atoms with Crippen LogP contribution in [0.25, 0.3) is 10.7 Å². The summed E-state index contributed by atoms with van der Waals surface area (Å²) in [6, 6.07) is 5.17. The van der Waals surface area contributed by atoms with Gasteiger partial charge in [-0.05, 0) is 68.0 Å². The standard InChI is InChI=1S/C22H25N8O3/c1-14-9-17(25-26-19(14)30-13-24-27-28-30)11-23-10-16-3-5-22(6-4-16)7-8-29(21(22)32)18-12-33-20(31)15(18)2/h9,13,16H,3-8,11-12H2,1-2H3/q+1. The minimum absolute atomic E-state index is 0.138. The highest BCUT2D eigenvalue weighted by Gasteiger charge is 2.50. The maximum atomic E-state index is 13.2. The van der Waals surface area contributed by atoms with Crippen LogP contribution in [0, 0.1) is 24.3 Å². The van der Waals surface area contributed by atoms with Crippen molar-refractivity contribution >= 4 is 11.9 Å². The van der Waals surface area contributed by atoms with Crippen molar-refractivity contribution in [3.05, 3.63) is 39.8 Å². The zero-order chi connectivity index (χ0) is 23.0. The van der Waals surface area contributed by atoms with Crippen LogP contribution in [0.5, 0.6) is 0 Å². The van der Waals surface area contributed by atoms with Gasteiger partial charge in [0.2, 0.25) is 5.91 Å². The number of cyclic esters (lactones) is 1. The van der Waals surface area contributed by atoms with E-state index < -0.39 is 0 Å². The third-order valence-corrected chi connectivity index (χ3v) is 6.95. The summed E-state index contributed by atoms with van der Waals surface area (Å²) in [5.41, 5.74) is 2.62. The van der Waals surface area contributed by atoms with Crippen molar-refractivity contribution in [3.8, 4) is 11.9 Å². The van der Waals surface area contributed by atoms with E-state index in [1.165, 1.54) is 11.0 Å². The molecular weight excluding hydrogens is 424 g/mol. The van der Waals surface area contributed by atoms with Crippen molar-refractivity contribution in [2.75, 3.05) is 13.2 Å². The Labute approximate surface area is 190 Å². The first-order valence-electron chi connectivity index (χ1n) is 11.1. The average Bonchev–Trinajstić information content (AvgIpc) is 3.53. The number of carbonyl (C=O) groups excluding carboxylic acids is 2. The number of hydrogen-bond donors (Lipinski definition) is 0. The Bertz CT molecular complexity index is 1190. The summed E-state index contributed by atoms with van der Waals surface area (Å²) in [4.78, 5) is 31.2. The molecular formula is C22H25N8O3+. The highest BCUT2D eigenvalue weighted by molar-refractivity contribution is 5.94. The maximum Gasteiger partial charge on any atom is 0.336 e.